The van der Waals surface area contributed by atoms with Gasteiger partial charge in [-0.2, -0.15) is 0 Å². The Balaban J connectivity index is 0.0000160. The first-order valence-electron chi connectivity index (χ1n) is 18.8. The zero-order valence-electron chi connectivity index (χ0n) is 28.3. The Labute approximate surface area is 265 Å². The van der Waals surface area contributed by atoms with E-state index in [0.29, 0.717) is 0 Å². The number of aromatic nitrogens is 1. The molecule has 0 fully saturated rings. The van der Waals surface area contributed by atoms with E-state index in [4.69, 9.17) is 0 Å². The van der Waals surface area contributed by atoms with Gasteiger partial charge in [-0.25, -0.2) is 4.57 Å². The van der Waals surface area contributed by atoms with E-state index < -0.39 is 0 Å². The Morgan fingerprint density at radius 3 is 0.829 bits per heavy atom. The average Bonchev–Trinajstić information content (AvgIpc) is 2.97. The number of rotatable bonds is 32. The van der Waals surface area contributed by atoms with Gasteiger partial charge in [0, 0.05) is 12.1 Å². The number of pyridine rings is 1. The molecule has 1 aromatic heterocycles. The molecule has 0 aliphatic rings. The summed E-state index contributed by atoms with van der Waals surface area (Å²) in [6, 6.07) is 4.53. The summed E-state index contributed by atoms with van der Waals surface area (Å²) in [5.41, 5.74) is 1.49. The van der Waals surface area contributed by atoms with Crippen LogP contribution in [0.25, 0.3) is 0 Å². The third-order valence-corrected chi connectivity index (χ3v) is 9.12. The summed E-state index contributed by atoms with van der Waals surface area (Å²) in [5.74, 6) is 0. The van der Waals surface area contributed by atoms with E-state index in [2.05, 4.69) is 43.1 Å². The van der Waals surface area contributed by atoms with E-state index in [1.54, 1.807) is 0 Å². The predicted molar refractivity (Wildman–Crippen MR) is 180 cm³/mol. The Morgan fingerprint density at radius 2 is 0.585 bits per heavy atom. The van der Waals surface area contributed by atoms with Crippen molar-refractivity contribution in [3.8, 4) is 0 Å². The second-order valence-corrected chi connectivity index (χ2v) is 13.2. The number of hydrogen-bond donors (Lipinski definition) is 0. The first kappa shape index (κ1) is 40.4. The zero-order chi connectivity index (χ0) is 28.6. The van der Waals surface area contributed by atoms with Crippen LogP contribution in [0.15, 0.2) is 24.5 Å². The van der Waals surface area contributed by atoms with E-state index in [1.165, 1.54) is 211 Å². The molecule has 1 nitrogen and oxygen atoms in total. The van der Waals surface area contributed by atoms with Gasteiger partial charge in [0.2, 0.25) is 0 Å². The van der Waals surface area contributed by atoms with Crippen LogP contribution < -0.4 is 17.0 Å². The topological polar surface area (TPSA) is 3.88 Å². The van der Waals surface area contributed by atoms with Crippen LogP contribution in [0.4, 0.5) is 0 Å². The molecule has 41 heavy (non-hydrogen) atoms. The maximum Gasteiger partial charge on any atom is 0.168 e. The lowest BCUT2D eigenvalue weighted by Gasteiger charge is -2.05. The van der Waals surface area contributed by atoms with Gasteiger partial charge < -0.3 is 12.4 Å². The van der Waals surface area contributed by atoms with Crippen LogP contribution in [-0.4, -0.2) is 0 Å². The van der Waals surface area contributed by atoms with Crippen LogP contribution in [0, 0.1) is 0 Å². The van der Waals surface area contributed by atoms with E-state index in [0.717, 1.165) is 0 Å². The fourth-order valence-electron chi connectivity index (χ4n) is 6.23. The van der Waals surface area contributed by atoms with Crippen molar-refractivity contribution in [3.05, 3.63) is 30.1 Å². The summed E-state index contributed by atoms with van der Waals surface area (Å²) in [5, 5.41) is 0. The molecule has 0 radical (unpaired) electrons. The molecule has 0 aliphatic carbocycles. The van der Waals surface area contributed by atoms with Gasteiger partial charge in [0.25, 0.3) is 0 Å². The lowest BCUT2D eigenvalue weighted by atomic mass is 10.0. The SMILES string of the molecule is CCCCCCCCCCCCCCCCCCCCCCCCCCCCCCCCCc1cc[n+](C)cc1.[Cl-]. The standard InChI is InChI=1S/C39H74N.ClH/c1-3-4-5-6-7-8-9-10-11-12-13-14-15-16-17-18-19-20-21-22-23-24-25-26-27-28-29-30-31-32-33-34-39-35-37-40(2)38-36-39;/h35-38H,3-34H2,1-2H3;1H/q+1;/p-1. The molecular formula is C39H74ClN. The highest BCUT2D eigenvalue weighted by Crippen LogP contribution is 2.17. The number of halogens is 1. The smallest absolute Gasteiger partial charge is 0.168 e. The summed E-state index contributed by atoms with van der Waals surface area (Å²) in [6.45, 7) is 2.31. The minimum Gasteiger partial charge on any atom is -1.00 e. The lowest BCUT2D eigenvalue weighted by Crippen LogP contribution is -3.00. The van der Waals surface area contributed by atoms with Crippen molar-refractivity contribution in [1.29, 1.82) is 0 Å². The van der Waals surface area contributed by atoms with Gasteiger partial charge in [-0.3, -0.25) is 0 Å². The molecule has 2 heteroatoms. The third kappa shape index (κ3) is 30.7. The molecule has 0 saturated heterocycles. The molecule has 0 spiro atoms. The van der Waals surface area contributed by atoms with Gasteiger partial charge in [-0.05, 0) is 18.4 Å². The largest absolute Gasteiger partial charge is 1.00 e. The molecule has 0 amide bonds. The quantitative estimate of drug-likeness (QED) is 0.0579. The normalized spacial score (nSPS) is 11.2. The van der Waals surface area contributed by atoms with E-state index in [-0.39, 0.29) is 12.4 Å². The highest BCUT2D eigenvalue weighted by atomic mass is 35.5. The number of unbranched alkanes of at least 4 members (excludes halogenated alkanes) is 30. The van der Waals surface area contributed by atoms with E-state index in [1.807, 2.05) is 0 Å². The van der Waals surface area contributed by atoms with Crippen molar-refractivity contribution in [3.63, 3.8) is 0 Å². The second-order valence-electron chi connectivity index (χ2n) is 13.2. The van der Waals surface area contributed by atoms with Crippen molar-refractivity contribution in [2.75, 3.05) is 0 Å². The summed E-state index contributed by atoms with van der Waals surface area (Å²) in [4.78, 5) is 0. The molecule has 0 bridgehead atoms. The lowest BCUT2D eigenvalue weighted by molar-refractivity contribution is -0.671. The highest BCUT2D eigenvalue weighted by molar-refractivity contribution is 5.06. The first-order chi connectivity index (χ1) is 19.8. The second kappa shape index (κ2) is 33.9. The van der Waals surface area contributed by atoms with Crippen molar-refractivity contribution < 1.29 is 17.0 Å². The van der Waals surface area contributed by atoms with Crippen LogP contribution in [0.1, 0.15) is 212 Å². The number of aryl methyl sites for hydroxylation is 2. The van der Waals surface area contributed by atoms with Crippen molar-refractivity contribution in [1.82, 2.24) is 0 Å². The van der Waals surface area contributed by atoms with Crippen molar-refractivity contribution >= 4 is 0 Å². The summed E-state index contributed by atoms with van der Waals surface area (Å²) in [7, 11) is 2.09. The molecule has 1 heterocycles. The van der Waals surface area contributed by atoms with E-state index in [9.17, 15) is 0 Å². The minimum atomic E-state index is 0. The van der Waals surface area contributed by atoms with Crippen molar-refractivity contribution in [2.24, 2.45) is 7.05 Å². The van der Waals surface area contributed by atoms with Gasteiger partial charge in [0.05, 0.1) is 0 Å². The molecular weight excluding hydrogens is 518 g/mol. The Kier molecular flexibility index (Phi) is 33.5. The van der Waals surface area contributed by atoms with Crippen LogP contribution in [0.2, 0.25) is 0 Å². The molecule has 0 N–H and O–H groups in total. The maximum atomic E-state index is 2.31. The molecule has 1 aromatic rings. The van der Waals surface area contributed by atoms with E-state index >= 15 is 0 Å². The average molecular weight is 592 g/mol. The van der Waals surface area contributed by atoms with Gasteiger partial charge in [0.1, 0.15) is 7.05 Å². The van der Waals surface area contributed by atoms with Gasteiger partial charge in [0.15, 0.2) is 12.4 Å². The third-order valence-electron chi connectivity index (χ3n) is 9.12. The molecule has 0 unspecified atom stereocenters. The fourth-order valence-corrected chi connectivity index (χ4v) is 6.23. The molecule has 242 valence electrons. The predicted octanol–water partition coefficient (Wildman–Crippen LogP) is 10.2. The van der Waals surface area contributed by atoms with Gasteiger partial charge >= 0.3 is 0 Å². The minimum absolute atomic E-state index is 0. The molecule has 1 rings (SSSR count). The Hall–Kier alpha value is -0.560. The van der Waals surface area contributed by atoms with Crippen LogP contribution in [0.3, 0.4) is 0 Å². The Morgan fingerprint density at radius 1 is 0.366 bits per heavy atom. The summed E-state index contributed by atoms with van der Waals surface area (Å²) in [6.07, 6.45) is 51.1. The summed E-state index contributed by atoms with van der Waals surface area (Å²) < 4.78 is 2.12. The highest BCUT2D eigenvalue weighted by Gasteiger charge is 1.98. The fraction of sp³-hybridized carbons (Fsp3) is 0.872. The van der Waals surface area contributed by atoms with Crippen LogP contribution in [0.5, 0.6) is 0 Å². The Bertz CT molecular complexity index is 598. The number of hydrogen-bond acceptors (Lipinski definition) is 0. The summed E-state index contributed by atoms with van der Waals surface area (Å²) >= 11 is 0. The monoisotopic (exact) mass is 592 g/mol. The molecule has 0 atom stereocenters. The zero-order valence-corrected chi connectivity index (χ0v) is 29.0. The maximum absolute atomic E-state index is 2.31. The van der Waals surface area contributed by atoms with Crippen LogP contribution >= 0.6 is 0 Å². The molecule has 0 saturated carbocycles. The van der Waals surface area contributed by atoms with Gasteiger partial charge in [-0.1, -0.05) is 200 Å². The number of nitrogens with zero attached hydrogens (tertiary/aromatic N) is 1. The van der Waals surface area contributed by atoms with Gasteiger partial charge in [-0.15, -0.1) is 0 Å². The van der Waals surface area contributed by atoms with Crippen molar-refractivity contribution in [2.45, 2.75) is 212 Å². The molecule has 0 aromatic carbocycles. The molecule has 0 aliphatic heterocycles. The van der Waals surface area contributed by atoms with Crippen LogP contribution in [-0.2, 0) is 13.5 Å². The first-order valence-corrected chi connectivity index (χ1v) is 18.8.